The Morgan fingerprint density at radius 1 is 1.35 bits per heavy atom. The van der Waals surface area contributed by atoms with E-state index in [0.717, 1.165) is 17.0 Å². The zero-order chi connectivity index (χ0) is 18.5. The molecule has 0 aliphatic rings. The molecule has 0 fully saturated rings. The van der Waals surface area contributed by atoms with Crippen LogP contribution in [-0.4, -0.2) is 26.3 Å². The first-order valence-corrected chi connectivity index (χ1v) is 10.00. The summed E-state index contributed by atoms with van der Waals surface area (Å²) in [6.07, 6.45) is 0.756. The van der Waals surface area contributed by atoms with Gasteiger partial charge in [-0.1, -0.05) is 30.4 Å². The molecule has 0 aliphatic carbocycles. The van der Waals surface area contributed by atoms with Crippen LogP contribution in [0.2, 0.25) is 0 Å². The number of carbonyl (C=O) groups excluding carboxylic acids is 1. The molecule has 0 spiro atoms. The fourth-order valence-corrected chi connectivity index (χ4v) is 3.82. The van der Waals surface area contributed by atoms with Gasteiger partial charge in [0, 0.05) is 18.4 Å². The van der Waals surface area contributed by atoms with Crippen LogP contribution in [0.1, 0.15) is 23.2 Å². The van der Waals surface area contributed by atoms with Crippen LogP contribution in [-0.2, 0) is 23.5 Å². The molecule has 0 aliphatic heterocycles. The highest BCUT2D eigenvalue weighted by molar-refractivity contribution is 7.99. The zero-order valence-electron chi connectivity index (χ0n) is 14.1. The Kier molecular flexibility index (Phi) is 6.00. The zero-order valence-corrected chi connectivity index (χ0v) is 15.7. The van der Waals surface area contributed by atoms with E-state index in [1.54, 1.807) is 12.1 Å². The maximum atomic E-state index is 12.8. The number of carbonyl (C=O) groups is 1. The molecule has 1 N–H and O–H groups in total. The summed E-state index contributed by atoms with van der Waals surface area (Å²) in [5.41, 5.74) is 1.27. The first-order valence-electron chi connectivity index (χ1n) is 8.02. The van der Waals surface area contributed by atoms with Crippen molar-refractivity contribution in [1.29, 1.82) is 0 Å². The van der Waals surface area contributed by atoms with Crippen molar-refractivity contribution in [3.05, 3.63) is 62.8 Å². The summed E-state index contributed by atoms with van der Waals surface area (Å²) < 4.78 is 14.1. The third-order valence-corrected chi connectivity index (χ3v) is 5.55. The Hall–Kier alpha value is -2.26. The maximum absolute atomic E-state index is 12.8. The molecule has 6 nitrogen and oxygen atoms in total. The summed E-state index contributed by atoms with van der Waals surface area (Å²) in [6, 6.07) is 7.44. The summed E-state index contributed by atoms with van der Waals surface area (Å²) >= 11 is 2.78. The van der Waals surface area contributed by atoms with E-state index in [9.17, 15) is 14.0 Å². The van der Waals surface area contributed by atoms with E-state index in [-0.39, 0.29) is 23.0 Å². The van der Waals surface area contributed by atoms with Crippen molar-refractivity contribution in [1.82, 2.24) is 19.9 Å². The van der Waals surface area contributed by atoms with Crippen molar-refractivity contribution >= 4 is 34.0 Å². The van der Waals surface area contributed by atoms with Crippen molar-refractivity contribution in [2.24, 2.45) is 0 Å². The van der Waals surface area contributed by atoms with Gasteiger partial charge >= 0.3 is 0 Å². The van der Waals surface area contributed by atoms with Gasteiger partial charge in [0.05, 0.1) is 11.4 Å². The molecule has 2 aromatic heterocycles. The molecule has 0 saturated carbocycles. The second-order valence-electron chi connectivity index (χ2n) is 5.53. The number of fused-ring (bicyclic) bond motifs is 1. The summed E-state index contributed by atoms with van der Waals surface area (Å²) in [6.45, 7) is 2.33. The molecule has 0 radical (unpaired) electrons. The molecule has 0 atom stereocenters. The highest BCUT2D eigenvalue weighted by Gasteiger charge is 2.09. The molecule has 3 rings (SSSR count). The van der Waals surface area contributed by atoms with Crippen molar-refractivity contribution < 1.29 is 9.18 Å². The van der Waals surface area contributed by atoms with Gasteiger partial charge in [0.2, 0.25) is 10.9 Å². The van der Waals surface area contributed by atoms with Gasteiger partial charge in [0.25, 0.3) is 5.56 Å². The number of hydrogen-bond acceptors (Lipinski definition) is 6. The molecular formula is C17H17FN4O2S2. The Labute approximate surface area is 157 Å². The first-order chi connectivity index (χ1) is 12.5. The van der Waals surface area contributed by atoms with Crippen molar-refractivity contribution in [3.63, 3.8) is 0 Å². The van der Waals surface area contributed by atoms with Gasteiger partial charge in [0.15, 0.2) is 0 Å². The van der Waals surface area contributed by atoms with Crippen LogP contribution < -0.4 is 10.9 Å². The minimum atomic E-state index is -0.303. The second-order valence-corrected chi connectivity index (χ2v) is 7.55. The van der Waals surface area contributed by atoms with Crippen molar-refractivity contribution in [2.45, 2.75) is 25.6 Å². The van der Waals surface area contributed by atoms with Crippen LogP contribution in [0.25, 0.3) is 4.96 Å². The number of benzene rings is 1. The molecule has 1 amide bonds. The van der Waals surface area contributed by atoms with E-state index in [2.05, 4.69) is 15.4 Å². The van der Waals surface area contributed by atoms with E-state index in [1.807, 2.05) is 6.92 Å². The quantitative estimate of drug-likeness (QED) is 0.668. The minimum Gasteiger partial charge on any atom is -0.351 e. The lowest BCUT2D eigenvalue weighted by Gasteiger charge is -2.05. The molecule has 136 valence electrons. The van der Waals surface area contributed by atoms with E-state index in [4.69, 9.17) is 0 Å². The molecule has 0 bridgehead atoms. The summed E-state index contributed by atoms with van der Waals surface area (Å²) in [7, 11) is 0. The molecule has 0 saturated heterocycles. The maximum Gasteiger partial charge on any atom is 0.275 e. The van der Waals surface area contributed by atoms with Crippen LogP contribution in [0.5, 0.6) is 0 Å². The number of rotatable bonds is 7. The normalized spacial score (nSPS) is 11.0. The van der Waals surface area contributed by atoms with E-state index in [0.29, 0.717) is 23.0 Å². The number of halogens is 1. The van der Waals surface area contributed by atoms with Gasteiger partial charge in [-0.3, -0.25) is 9.59 Å². The predicted octanol–water partition coefficient (Wildman–Crippen LogP) is 2.40. The Bertz CT molecular complexity index is 969. The minimum absolute atomic E-state index is 0.122. The molecule has 2 heterocycles. The molecule has 3 aromatic rings. The highest BCUT2D eigenvalue weighted by atomic mass is 32.2. The van der Waals surface area contributed by atoms with E-state index >= 15 is 0 Å². The Morgan fingerprint density at radius 2 is 2.12 bits per heavy atom. The third-order valence-electron chi connectivity index (χ3n) is 3.53. The average molecular weight is 392 g/mol. The summed E-state index contributed by atoms with van der Waals surface area (Å²) in [5.74, 6) is 0.298. The van der Waals surface area contributed by atoms with Gasteiger partial charge in [-0.15, -0.1) is 11.8 Å². The SMILES string of the molecule is CCc1nn2c(=O)cc(CSCC(=O)NCc3ccc(F)cc3)nc2s1. The molecule has 1 aromatic carbocycles. The fourth-order valence-electron chi connectivity index (χ4n) is 2.21. The third kappa shape index (κ3) is 4.67. The summed E-state index contributed by atoms with van der Waals surface area (Å²) in [5, 5.41) is 7.85. The molecular weight excluding hydrogens is 375 g/mol. The Morgan fingerprint density at radius 3 is 2.85 bits per heavy atom. The lowest BCUT2D eigenvalue weighted by atomic mass is 10.2. The fraction of sp³-hybridized carbons (Fsp3) is 0.294. The monoisotopic (exact) mass is 392 g/mol. The van der Waals surface area contributed by atoms with Crippen molar-refractivity contribution in [3.8, 4) is 0 Å². The molecule has 0 unspecified atom stereocenters. The number of hydrogen-bond donors (Lipinski definition) is 1. The largest absolute Gasteiger partial charge is 0.351 e. The average Bonchev–Trinajstić information content (AvgIpc) is 3.05. The second kappa shape index (κ2) is 8.41. The van der Waals surface area contributed by atoms with E-state index < -0.39 is 0 Å². The van der Waals surface area contributed by atoms with Crippen LogP contribution >= 0.6 is 23.1 Å². The lowest BCUT2D eigenvalue weighted by molar-refractivity contribution is -0.118. The standard InChI is InChI=1S/C17H17FN4O2S2/c1-2-15-21-22-16(24)7-13(20-17(22)26-15)9-25-10-14(23)19-8-11-3-5-12(18)6-4-11/h3-7H,2,8-10H2,1H3,(H,19,23). The molecule has 9 heteroatoms. The number of thioether (sulfide) groups is 1. The number of nitrogens with zero attached hydrogens (tertiary/aromatic N) is 3. The van der Waals surface area contributed by atoms with E-state index in [1.165, 1.54) is 45.8 Å². The van der Waals surface area contributed by atoms with Crippen LogP contribution in [0.15, 0.2) is 35.1 Å². The number of aromatic nitrogens is 3. The van der Waals surface area contributed by atoms with Crippen LogP contribution in [0, 0.1) is 5.82 Å². The predicted molar refractivity (Wildman–Crippen MR) is 101 cm³/mol. The van der Waals surface area contributed by atoms with Gasteiger partial charge < -0.3 is 5.32 Å². The topological polar surface area (TPSA) is 76.4 Å². The summed E-state index contributed by atoms with van der Waals surface area (Å²) in [4.78, 5) is 29.0. The number of amides is 1. The lowest BCUT2D eigenvalue weighted by Crippen LogP contribution is -2.24. The molecule has 26 heavy (non-hydrogen) atoms. The first kappa shape index (κ1) is 18.5. The highest BCUT2D eigenvalue weighted by Crippen LogP contribution is 2.14. The van der Waals surface area contributed by atoms with Gasteiger partial charge in [-0.2, -0.15) is 9.61 Å². The van der Waals surface area contributed by atoms with Crippen molar-refractivity contribution in [2.75, 3.05) is 5.75 Å². The van der Waals surface area contributed by atoms with Crippen LogP contribution in [0.3, 0.4) is 0 Å². The number of nitrogens with one attached hydrogen (secondary N) is 1. The Balaban J connectivity index is 1.51. The van der Waals surface area contributed by atoms with Gasteiger partial charge in [-0.25, -0.2) is 9.37 Å². The smallest absolute Gasteiger partial charge is 0.275 e. The van der Waals surface area contributed by atoms with Gasteiger partial charge in [-0.05, 0) is 24.1 Å². The van der Waals surface area contributed by atoms with Crippen LogP contribution in [0.4, 0.5) is 4.39 Å². The number of aryl methyl sites for hydroxylation is 1. The van der Waals surface area contributed by atoms with Gasteiger partial charge in [0.1, 0.15) is 10.8 Å².